The number of amides is 4. The number of urea groups is 1. The number of carbonyl (C=O) groups is 3. The lowest BCUT2D eigenvalue weighted by atomic mass is 9.95. The molecule has 4 aromatic rings. The average Bonchev–Trinajstić information content (AvgIpc) is 3.46. The van der Waals surface area contributed by atoms with Crippen LogP contribution in [0.3, 0.4) is 0 Å². The van der Waals surface area contributed by atoms with Crippen LogP contribution in [-0.4, -0.2) is 90.7 Å². The van der Waals surface area contributed by atoms with Gasteiger partial charge >= 0.3 is 12.1 Å². The average molecular weight is 799 g/mol. The normalized spacial score (nSPS) is 17.6. The Morgan fingerprint density at radius 2 is 1.58 bits per heavy atom. The van der Waals surface area contributed by atoms with E-state index in [1.165, 1.54) is 16.9 Å². The maximum atomic E-state index is 12.2. The molecule has 8 rings (SSSR count). The lowest BCUT2D eigenvalue weighted by Gasteiger charge is -2.40. The minimum atomic E-state index is -0.564. The summed E-state index contributed by atoms with van der Waals surface area (Å²) >= 11 is 0. The number of carbonyl (C=O) groups excluding carboxylic acids is 3. The van der Waals surface area contributed by atoms with Crippen molar-refractivity contribution in [3.63, 3.8) is 0 Å². The van der Waals surface area contributed by atoms with Crippen LogP contribution in [0.4, 0.5) is 38.2 Å². The van der Waals surface area contributed by atoms with Crippen molar-refractivity contribution in [1.82, 2.24) is 25.3 Å². The van der Waals surface area contributed by atoms with Crippen LogP contribution in [0.2, 0.25) is 0 Å². The number of hydrogen-bond acceptors (Lipinski definition) is 10. The topological polar surface area (TPSA) is 151 Å². The van der Waals surface area contributed by atoms with Gasteiger partial charge in [0.2, 0.25) is 5.91 Å². The maximum absolute atomic E-state index is 12.2. The van der Waals surface area contributed by atoms with Crippen molar-refractivity contribution in [2.45, 2.75) is 72.1 Å². The number of piperidine rings is 1. The Morgan fingerprint density at radius 3 is 2.27 bits per heavy atom. The molecule has 0 unspecified atom stereocenters. The molecule has 0 saturated carbocycles. The van der Waals surface area contributed by atoms with E-state index in [4.69, 9.17) is 9.84 Å². The molecule has 5 heterocycles. The second-order valence-electron chi connectivity index (χ2n) is 17.1. The smallest absolute Gasteiger partial charge is 0.407 e. The fourth-order valence-electron chi connectivity index (χ4n) is 8.62. The van der Waals surface area contributed by atoms with Crippen LogP contribution in [0.1, 0.15) is 62.3 Å². The Kier molecular flexibility index (Phi) is 11.2. The molecule has 3 N–H and O–H groups in total. The van der Waals surface area contributed by atoms with Crippen LogP contribution in [-0.2, 0) is 29.0 Å². The van der Waals surface area contributed by atoms with Crippen molar-refractivity contribution >= 4 is 46.6 Å². The highest BCUT2D eigenvalue weighted by molar-refractivity contribution is 6.05. The molecule has 0 aliphatic carbocycles. The number of hydrogen-bond donors (Lipinski definition) is 3. The largest absolute Gasteiger partial charge is 0.444 e. The van der Waals surface area contributed by atoms with Gasteiger partial charge in [-0.05, 0) is 118 Å². The maximum Gasteiger partial charge on any atom is 0.407 e. The number of aromatic nitrogens is 2. The first-order valence-electron chi connectivity index (χ1n) is 20.8. The van der Waals surface area contributed by atoms with E-state index in [2.05, 4.69) is 67.1 Å². The molecule has 4 aliphatic heterocycles. The van der Waals surface area contributed by atoms with Gasteiger partial charge in [-0.3, -0.25) is 19.9 Å². The summed E-state index contributed by atoms with van der Waals surface area (Å²) < 4.78 is 7.29. The monoisotopic (exact) mass is 798 g/mol. The van der Waals surface area contributed by atoms with E-state index in [-0.39, 0.29) is 11.9 Å². The highest BCUT2D eigenvalue weighted by atomic mass is 16.6. The molecule has 4 aliphatic rings. The van der Waals surface area contributed by atoms with Gasteiger partial charge in [0.15, 0.2) is 0 Å². The Hall–Kier alpha value is -6.07. The molecule has 0 atom stereocenters. The molecule has 3 aromatic carbocycles. The van der Waals surface area contributed by atoms with Gasteiger partial charge in [0.25, 0.3) is 0 Å². The van der Waals surface area contributed by atoms with E-state index in [1.54, 1.807) is 4.90 Å². The van der Waals surface area contributed by atoms with E-state index in [0.29, 0.717) is 49.0 Å². The van der Waals surface area contributed by atoms with Crippen LogP contribution in [0.15, 0.2) is 60.7 Å². The fraction of sp³-hybridized carbons (Fsp3) is 0.444. The second kappa shape index (κ2) is 16.7. The van der Waals surface area contributed by atoms with E-state index in [0.717, 1.165) is 93.1 Å². The van der Waals surface area contributed by atoms with E-state index in [1.807, 2.05) is 62.7 Å². The van der Waals surface area contributed by atoms with Gasteiger partial charge in [-0.2, -0.15) is 10.4 Å². The summed E-state index contributed by atoms with van der Waals surface area (Å²) in [6.45, 7) is 16.1. The number of alkyl carbamates (subject to hydrolysis) is 1. The van der Waals surface area contributed by atoms with Gasteiger partial charge < -0.3 is 25.2 Å². The molecule has 3 saturated heterocycles. The van der Waals surface area contributed by atoms with Crippen LogP contribution < -0.4 is 30.7 Å². The molecule has 59 heavy (non-hydrogen) atoms. The first-order valence-corrected chi connectivity index (χ1v) is 20.8. The zero-order chi connectivity index (χ0) is 41.3. The molecule has 0 spiro atoms. The predicted molar refractivity (Wildman–Crippen MR) is 229 cm³/mol. The summed E-state index contributed by atoms with van der Waals surface area (Å²) in [4.78, 5) is 45.1. The summed E-state index contributed by atoms with van der Waals surface area (Å²) in [5, 5.41) is 24.1. The van der Waals surface area contributed by atoms with E-state index < -0.39 is 11.7 Å². The minimum absolute atomic E-state index is 0.220. The van der Waals surface area contributed by atoms with Crippen LogP contribution >= 0.6 is 0 Å². The van der Waals surface area contributed by atoms with Crippen LogP contribution in [0, 0.1) is 24.2 Å². The number of piperazine rings is 1. The lowest BCUT2D eigenvalue weighted by Crippen LogP contribution is -2.49. The Morgan fingerprint density at radius 1 is 0.864 bits per heavy atom. The molecule has 308 valence electrons. The van der Waals surface area contributed by atoms with E-state index in [9.17, 15) is 19.6 Å². The molecule has 14 heteroatoms. The van der Waals surface area contributed by atoms with Crippen LogP contribution in [0.5, 0.6) is 0 Å². The number of nitrogens with one attached hydrogen (secondary N) is 3. The van der Waals surface area contributed by atoms with Gasteiger partial charge in [0, 0.05) is 100 Å². The summed E-state index contributed by atoms with van der Waals surface area (Å²) in [5.74, 6) is 1.16. The standard InChI is InChI=1S/C45H54N10O4/c1-30-25-33(5-6-34(30)28-47-44(58)59-45(2,3)4)41-38(27-46)42-48-39-12-11-37(26-32(39)15-20-55(42)50-41)53-23-21-51(22-24-53)29-31-13-17-52(18-14-31)35-7-9-36(10-8-35)54-19-16-40(56)49-43(54)57/h5-12,25-26,31,48H,13-24,28-29H2,1-4H3,(H,47,58)(H,49,56,57). The third-order valence-electron chi connectivity index (χ3n) is 11.9. The highest BCUT2D eigenvalue weighted by Crippen LogP contribution is 2.36. The number of ether oxygens (including phenoxy) is 1. The van der Waals surface area contributed by atoms with Crippen LogP contribution in [0.25, 0.3) is 11.3 Å². The number of imide groups is 1. The van der Waals surface area contributed by atoms with Gasteiger partial charge in [-0.25, -0.2) is 14.3 Å². The van der Waals surface area contributed by atoms with Crippen molar-refractivity contribution in [2.24, 2.45) is 5.92 Å². The Labute approximate surface area is 346 Å². The van der Waals surface area contributed by atoms with Gasteiger partial charge in [-0.15, -0.1) is 0 Å². The zero-order valence-corrected chi connectivity index (χ0v) is 34.5. The van der Waals surface area contributed by atoms with Crippen molar-refractivity contribution in [2.75, 3.05) is 72.4 Å². The molecule has 0 bridgehead atoms. The molecular weight excluding hydrogens is 745 g/mol. The van der Waals surface area contributed by atoms with Gasteiger partial charge in [0.05, 0.1) is 0 Å². The molecule has 3 fully saturated rings. The number of nitriles is 1. The predicted octanol–water partition coefficient (Wildman–Crippen LogP) is 6.54. The molecular formula is C45H54N10O4. The molecule has 14 nitrogen and oxygen atoms in total. The lowest BCUT2D eigenvalue weighted by molar-refractivity contribution is -0.120. The first-order chi connectivity index (χ1) is 28.4. The SMILES string of the molecule is Cc1cc(-c2nn3c(c2C#N)Nc2ccc(N4CCN(CC5CCN(c6ccc(N7CCC(=O)NC7=O)cc6)CC5)CC4)cc2CC3)ccc1CNC(=O)OC(C)(C)C. The van der Waals surface area contributed by atoms with E-state index >= 15 is 0 Å². The summed E-state index contributed by atoms with van der Waals surface area (Å²) in [6.07, 6.45) is 2.97. The number of nitrogens with zero attached hydrogens (tertiary/aromatic N) is 7. The third-order valence-corrected chi connectivity index (χ3v) is 11.9. The molecule has 4 amide bonds. The summed E-state index contributed by atoms with van der Waals surface area (Å²) in [5.41, 5.74) is 8.85. The zero-order valence-electron chi connectivity index (χ0n) is 34.5. The molecule has 1 aromatic heterocycles. The summed E-state index contributed by atoms with van der Waals surface area (Å²) in [6, 6.07) is 22.8. The Balaban J connectivity index is 0.827. The quantitative estimate of drug-likeness (QED) is 0.179. The van der Waals surface area contributed by atoms with Crippen molar-refractivity contribution < 1.29 is 19.1 Å². The second-order valence-corrected chi connectivity index (χ2v) is 17.1. The van der Waals surface area contributed by atoms with Gasteiger partial charge in [-0.1, -0.05) is 12.1 Å². The van der Waals surface area contributed by atoms with Crippen molar-refractivity contribution in [3.05, 3.63) is 82.9 Å². The highest BCUT2D eigenvalue weighted by Gasteiger charge is 2.28. The first kappa shape index (κ1) is 39.7. The Bertz CT molecular complexity index is 2260. The fourth-order valence-corrected chi connectivity index (χ4v) is 8.62. The number of aryl methyl sites for hydroxylation is 3. The number of fused-ring (bicyclic) bond motifs is 2. The van der Waals surface area contributed by atoms with Crippen molar-refractivity contribution in [1.29, 1.82) is 5.26 Å². The number of anilines is 5. The number of benzene rings is 3. The molecule has 0 radical (unpaired) electrons. The van der Waals surface area contributed by atoms with Crippen molar-refractivity contribution in [3.8, 4) is 17.3 Å². The third kappa shape index (κ3) is 9.00. The summed E-state index contributed by atoms with van der Waals surface area (Å²) in [7, 11) is 0. The minimum Gasteiger partial charge on any atom is -0.444 e. The number of rotatable bonds is 8. The van der Waals surface area contributed by atoms with Gasteiger partial charge in [0.1, 0.15) is 28.7 Å².